The molecule has 0 spiro atoms. The molecule has 0 fully saturated rings. The van der Waals surface area contributed by atoms with Crippen molar-refractivity contribution in [3.63, 3.8) is 0 Å². The molecule has 32 heavy (non-hydrogen) atoms. The normalized spacial score (nSPS) is 11.4. The lowest BCUT2D eigenvalue weighted by atomic mass is 10.1. The quantitative estimate of drug-likeness (QED) is 0.347. The van der Waals surface area contributed by atoms with Gasteiger partial charge in [-0.1, -0.05) is 30.3 Å². The van der Waals surface area contributed by atoms with Crippen LogP contribution in [0.15, 0.2) is 78.9 Å². The number of rotatable bonds is 6. The lowest BCUT2D eigenvalue weighted by Crippen LogP contribution is -2.08. The van der Waals surface area contributed by atoms with Gasteiger partial charge in [-0.2, -0.15) is 18.3 Å². The number of methoxy groups -OCH3 is 1. The molecule has 1 aromatic heterocycles. The summed E-state index contributed by atoms with van der Waals surface area (Å²) in [4.78, 5) is 0. The maximum atomic E-state index is 13.6. The Hall–Kier alpha value is -3.74. The molecule has 0 saturated carbocycles. The van der Waals surface area contributed by atoms with Gasteiger partial charge < -0.3 is 9.47 Å². The zero-order valence-corrected chi connectivity index (χ0v) is 17.6. The molecule has 7 heteroatoms. The molecule has 0 amide bonds. The van der Waals surface area contributed by atoms with E-state index in [0.717, 1.165) is 5.56 Å². The first-order valence-corrected chi connectivity index (χ1v) is 9.95. The summed E-state index contributed by atoms with van der Waals surface area (Å²) >= 11 is 0. The first-order valence-electron chi connectivity index (χ1n) is 9.95. The van der Waals surface area contributed by atoms with Crippen molar-refractivity contribution in [1.29, 1.82) is 0 Å². The lowest BCUT2D eigenvalue weighted by molar-refractivity contribution is -0.141. The molecular formula is C25H21F3N2O2. The number of benzene rings is 3. The van der Waals surface area contributed by atoms with Gasteiger partial charge in [0.25, 0.3) is 0 Å². The summed E-state index contributed by atoms with van der Waals surface area (Å²) < 4.78 is 53.1. The minimum absolute atomic E-state index is 0.0614. The molecule has 0 aliphatic carbocycles. The molecule has 0 bridgehead atoms. The Morgan fingerprint density at radius 3 is 2.06 bits per heavy atom. The predicted molar refractivity (Wildman–Crippen MR) is 116 cm³/mol. The van der Waals surface area contributed by atoms with Gasteiger partial charge in [-0.15, -0.1) is 0 Å². The Morgan fingerprint density at radius 2 is 1.47 bits per heavy atom. The summed E-state index contributed by atoms with van der Waals surface area (Å²) in [5.74, 6) is 1.23. The third-order valence-electron chi connectivity index (χ3n) is 5.08. The summed E-state index contributed by atoms with van der Waals surface area (Å²) in [6.45, 7) is 1.84. The van der Waals surface area contributed by atoms with Crippen molar-refractivity contribution in [1.82, 2.24) is 9.78 Å². The summed E-state index contributed by atoms with van der Waals surface area (Å²) in [6.07, 6.45) is -4.56. The van der Waals surface area contributed by atoms with Crippen LogP contribution < -0.4 is 9.47 Å². The molecule has 0 radical (unpaired) electrons. The van der Waals surface area contributed by atoms with Crippen molar-refractivity contribution in [3.8, 4) is 28.4 Å². The number of halogens is 3. The van der Waals surface area contributed by atoms with E-state index >= 15 is 0 Å². The maximum Gasteiger partial charge on any atom is 0.435 e. The molecule has 4 rings (SSSR count). The van der Waals surface area contributed by atoms with Crippen LogP contribution in [0.3, 0.4) is 0 Å². The summed E-state index contributed by atoms with van der Waals surface area (Å²) in [7, 11) is 1.53. The SMILES string of the molecule is COc1ccc(-n2nc(C(F)(F)F)c(C)c2-c2ccc(OCc3ccccc3)cc2)cc1. The van der Waals surface area contributed by atoms with Gasteiger partial charge in [0.2, 0.25) is 0 Å². The number of aromatic nitrogens is 2. The van der Waals surface area contributed by atoms with Crippen LogP contribution in [-0.2, 0) is 12.8 Å². The van der Waals surface area contributed by atoms with E-state index < -0.39 is 11.9 Å². The molecule has 0 saturated heterocycles. The van der Waals surface area contributed by atoms with Crippen LogP contribution in [0.25, 0.3) is 16.9 Å². The molecule has 0 N–H and O–H groups in total. The first-order chi connectivity index (χ1) is 15.4. The van der Waals surface area contributed by atoms with E-state index in [2.05, 4.69) is 5.10 Å². The monoisotopic (exact) mass is 438 g/mol. The Bertz CT molecular complexity index is 1180. The minimum Gasteiger partial charge on any atom is -0.497 e. The van der Waals surface area contributed by atoms with Crippen LogP contribution in [0.4, 0.5) is 13.2 Å². The molecule has 0 unspecified atom stereocenters. The number of hydrogen-bond acceptors (Lipinski definition) is 3. The van der Waals surface area contributed by atoms with Crippen LogP contribution in [-0.4, -0.2) is 16.9 Å². The highest BCUT2D eigenvalue weighted by Gasteiger charge is 2.38. The van der Waals surface area contributed by atoms with Crippen LogP contribution >= 0.6 is 0 Å². The van der Waals surface area contributed by atoms with E-state index in [1.807, 2.05) is 30.3 Å². The minimum atomic E-state index is -4.56. The average Bonchev–Trinajstić information content (AvgIpc) is 3.16. The third-order valence-corrected chi connectivity index (χ3v) is 5.08. The van der Waals surface area contributed by atoms with Crippen molar-refractivity contribution < 1.29 is 22.6 Å². The molecule has 164 valence electrons. The van der Waals surface area contributed by atoms with E-state index in [0.29, 0.717) is 35.1 Å². The van der Waals surface area contributed by atoms with Gasteiger partial charge in [0.05, 0.1) is 18.5 Å². The van der Waals surface area contributed by atoms with E-state index in [4.69, 9.17) is 9.47 Å². The Morgan fingerprint density at radius 1 is 0.844 bits per heavy atom. The van der Waals surface area contributed by atoms with Gasteiger partial charge in [0.1, 0.15) is 18.1 Å². The molecule has 3 aromatic carbocycles. The van der Waals surface area contributed by atoms with Crippen LogP contribution in [0.1, 0.15) is 16.8 Å². The van der Waals surface area contributed by atoms with E-state index in [-0.39, 0.29) is 5.56 Å². The van der Waals surface area contributed by atoms with Crippen LogP contribution in [0.2, 0.25) is 0 Å². The molecule has 1 heterocycles. The van der Waals surface area contributed by atoms with E-state index in [1.165, 1.54) is 18.7 Å². The zero-order valence-electron chi connectivity index (χ0n) is 17.6. The smallest absolute Gasteiger partial charge is 0.435 e. The average molecular weight is 438 g/mol. The summed E-state index contributed by atoms with van der Waals surface area (Å²) in [5.41, 5.74) is 1.66. The van der Waals surface area contributed by atoms with Crippen molar-refractivity contribution in [2.75, 3.05) is 7.11 Å². The molecular weight excluding hydrogens is 417 g/mol. The number of alkyl halides is 3. The highest BCUT2D eigenvalue weighted by atomic mass is 19.4. The fraction of sp³-hybridized carbons (Fsp3) is 0.160. The molecule has 0 aliphatic rings. The van der Waals surface area contributed by atoms with Gasteiger partial charge in [0, 0.05) is 11.1 Å². The second kappa shape index (κ2) is 8.78. The highest BCUT2D eigenvalue weighted by Crippen LogP contribution is 2.37. The van der Waals surface area contributed by atoms with Crippen molar-refractivity contribution in [3.05, 3.63) is 95.7 Å². The fourth-order valence-electron chi connectivity index (χ4n) is 3.46. The Labute approximate surface area is 183 Å². The Kier molecular flexibility index (Phi) is 5.90. The summed E-state index contributed by atoms with van der Waals surface area (Å²) in [6, 6.07) is 23.4. The van der Waals surface area contributed by atoms with Crippen molar-refractivity contribution >= 4 is 0 Å². The van der Waals surface area contributed by atoms with Gasteiger partial charge in [-0.25, -0.2) is 4.68 Å². The number of nitrogens with zero attached hydrogens (tertiary/aromatic N) is 2. The second-order valence-corrected chi connectivity index (χ2v) is 7.23. The highest BCUT2D eigenvalue weighted by molar-refractivity contribution is 5.68. The second-order valence-electron chi connectivity index (χ2n) is 7.23. The number of ether oxygens (including phenoxy) is 2. The topological polar surface area (TPSA) is 36.3 Å². The van der Waals surface area contributed by atoms with Gasteiger partial charge in [-0.3, -0.25) is 0 Å². The number of hydrogen-bond donors (Lipinski definition) is 0. The largest absolute Gasteiger partial charge is 0.497 e. The predicted octanol–water partition coefficient (Wildman–Crippen LogP) is 6.45. The zero-order chi connectivity index (χ0) is 22.7. The van der Waals surface area contributed by atoms with Crippen LogP contribution in [0, 0.1) is 6.92 Å². The maximum absolute atomic E-state index is 13.6. The lowest BCUT2D eigenvalue weighted by Gasteiger charge is -2.11. The van der Waals surface area contributed by atoms with Crippen molar-refractivity contribution in [2.24, 2.45) is 0 Å². The molecule has 0 aliphatic heterocycles. The third kappa shape index (κ3) is 4.46. The van der Waals surface area contributed by atoms with Crippen molar-refractivity contribution in [2.45, 2.75) is 19.7 Å². The first kappa shape index (κ1) is 21.5. The van der Waals surface area contributed by atoms with Gasteiger partial charge in [0.15, 0.2) is 5.69 Å². The Balaban J connectivity index is 1.69. The van der Waals surface area contributed by atoms with Gasteiger partial charge >= 0.3 is 6.18 Å². The van der Waals surface area contributed by atoms with Crippen LogP contribution in [0.5, 0.6) is 11.5 Å². The molecule has 4 nitrogen and oxygen atoms in total. The van der Waals surface area contributed by atoms with E-state index in [1.54, 1.807) is 48.5 Å². The molecule has 0 atom stereocenters. The summed E-state index contributed by atoms with van der Waals surface area (Å²) in [5, 5.41) is 3.90. The molecule has 4 aromatic rings. The van der Waals surface area contributed by atoms with E-state index in [9.17, 15) is 13.2 Å². The fourth-order valence-corrected chi connectivity index (χ4v) is 3.46. The standard InChI is InChI=1S/C25H21F3N2O2/c1-17-23(19-8-12-22(13-9-19)32-16-18-6-4-3-5-7-18)30(29-24(17)25(26,27)28)20-10-14-21(31-2)15-11-20/h3-15H,16H2,1-2H3. The van der Waals surface area contributed by atoms with Gasteiger partial charge in [-0.05, 0) is 61.0 Å².